The third-order valence-electron chi connectivity index (χ3n) is 2.62. The van der Waals surface area contributed by atoms with Crippen LogP contribution in [0.3, 0.4) is 0 Å². The molecule has 0 spiro atoms. The number of aryl methyl sites for hydroxylation is 1. The van der Waals surface area contributed by atoms with Crippen molar-refractivity contribution in [1.29, 1.82) is 0 Å². The van der Waals surface area contributed by atoms with Gasteiger partial charge in [-0.15, -0.1) is 0 Å². The molecule has 2 aromatic rings. The van der Waals surface area contributed by atoms with Gasteiger partial charge in [0.2, 0.25) is 0 Å². The summed E-state index contributed by atoms with van der Waals surface area (Å²) in [5, 5.41) is 0.358. The van der Waals surface area contributed by atoms with E-state index in [1.807, 2.05) is 0 Å². The van der Waals surface area contributed by atoms with Crippen LogP contribution in [0.2, 0.25) is 5.02 Å². The van der Waals surface area contributed by atoms with Gasteiger partial charge in [0.15, 0.2) is 5.78 Å². The molecule has 0 heterocycles. The summed E-state index contributed by atoms with van der Waals surface area (Å²) in [5.41, 5.74) is 0.281. The van der Waals surface area contributed by atoms with Gasteiger partial charge in [-0.25, -0.2) is 8.78 Å². The molecule has 0 saturated carbocycles. The Kier molecular flexibility index (Phi) is 4.02. The van der Waals surface area contributed by atoms with Crippen LogP contribution in [0, 0.1) is 18.6 Å². The van der Waals surface area contributed by atoms with Gasteiger partial charge in [-0.2, -0.15) is 0 Å². The van der Waals surface area contributed by atoms with Crippen LogP contribution in [-0.2, 0) is 0 Å². The van der Waals surface area contributed by atoms with E-state index >= 15 is 0 Å². The van der Waals surface area contributed by atoms with E-state index in [0.29, 0.717) is 15.6 Å². The number of ketones is 1. The monoisotopic (exact) mass is 344 g/mol. The Labute approximate surface area is 122 Å². The second-order valence-corrected chi connectivity index (χ2v) is 5.42. The first-order valence-electron chi connectivity index (χ1n) is 5.35. The Morgan fingerprint density at radius 3 is 2.42 bits per heavy atom. The molecule has 2 rings (SSSR count). The maximum atomic E-state index is 13.7. The van der Waals surface area contributed by atoms with Crippen molar-refractivity contribution < 1.29 is 13.6 Å². The molecule has 5 heteroatoms. The van der Waals surface area contributed by atoms with Gasteiger partial charge in [0, 0.05) is 21.1 Å². The molecule has 0 unspecified atom stereocenters. The lowest BCUT2D eigenvalue weighted by molar-refractivity contribution is 0.103. The van der Waals surface area contributed by atoms with Crippen molar-refractivity contribution in [2.75, 3.05) is 0 Å². The number of halogens is 4. The highest BCUT2D eigenvalue weighted by atomic mass is 79.9. The largest absolute Gasteiger partial charge is 0.288 e. The molecule has 0 aliphatic rings. The van der Waals surface area contributed by atoms with Gasteiger partial charge in [0.05, 0.1) is 5.56 Å². The van der Waals surface area contributed by atoms with Crippen LogP contribution in [-0.4, -0.2) is 5.78 Å². The Hall–Kier alpha value is -1.26. The summed E-state index contributed by atoms with van der Waals surface area (Å²) in [6.07, 6.45) is 0. The number of rotatable bonds is 2. The minimum absolute atomic E-state index is 0.173. The Morgan fingerprint density at radius 2 is 1.79 bits per heavy atom. The van der Waals surface area contributed by atoms with E-state index in [0.717, 1.165) is 0 Å². The number of carbonyl (C=O) groups excluding carboxylic acids is 1. The van der Waals surface area contributed by atoms with Gasteiger partial charge >= 0.3 is 0 Å². The van der Waals surface area contributed by atoms with E-state index in [1.165, 1.54) is 25.1 Å². The van der Waals surface area contributed by atoms with Crippen LogP contribution in [0.15, 0.2) is 34.8 Å². The molecule has 0 radical (unpaired) electrons. The predicted octanol–water partition coefficient (Wildman–Crippen LogP) is 4.92. The number of benzene rings is 2. The Balaban J connectivity index is 2.53. The van der Waals surface area contributed by atoms with Gasteiger partial charge in [-0.3, -0.25) is 4.79 Å². The lowest BCUT2D eigenvalue weighted by Gasteiger charge is -2.06. The smallest absolute Gasteiger partial charge is 0.196 e. The summed E-state index contributed by atoms with van der Waals surface area (Å²) < 4.78 is 27.4. The fraction of sp³-hybridized carbons (Fsp3) is 0.0714. The Morgan fingerprint density at radius 1 is 1.11 bits per heavy atom. The molecule has 0 bridgehead atoms. The van der Waals surface area contributed by atoms with Crippen LogP contribution < -0.4 is 0 Å². The van der Waals surface area contributed by atoms with E-state index in [-0.39, 0.29) is 16.7 Å². The van der Waals surface area contributed by atoms with E-state index in [2.05, 4.69) is 15.9 Å². The maximum absolute atomic E-state index is 13.7. The standard InChI is InChI=1S/C14H8BrClF2O/c1-7-2-11(13(18)6-12(7)17)14(19)8-3-9(15)5-10(16)4-8/h2-6H,1H3. The van der Waals surface area contributed by atoms with E-state index in [1.54, 1.807) is 6.07 Å². The first-order valence-corrected chi connectivity index (χ1v) is 6.52. The summed E-state index contributed by atoms with van der Waals surface area (Å²) in [6, 6.07) is 6.49. The number of carbonyl (C=O) groups is 1. The van der Waals surface area contributed by atoms with Gasteiger partial charge in [-0.05, 0) is 36.8 Å². The molecule has 0 atom stereocenters. The van der Waals surface area contributed by atoms with Crippen molar-refractivity contribution in [3.05, 3.63) is 68.2 Å². The highest BCUT2D eigenvalue weighted by Crippen LogP contribution is 2.23. The highest BCUT2D eigenvalue weighted by Gasteiger charge is 2.17. The molecule has 19 heavy (non-hydrogen) atoms. The summed E-state index contributed by atoms with van der Waals surface area (Å²) in [4.78, 5) is 12.2. The molecule has 0 aromatic heterocycles. The van der Waals surface area contributed by atoms with E-state index in [4.69, 9.17) is 11.6 Å². The molecule has 0 N–H and O–H groups in total. The average Bonchev–Trinajstić information content (AvgIpc) is 2.31. The summed E-state index contributed by atoms with van der Waals surface area (Å²) >= 11 is 9.05. The molecular weight excluding hydrogens is 338 g/mol. The summed E-state index contributed by atoms with van der Waals surface area (Å²) in [7, 11) is 0. The fourth-order valence-corrected chi connectivity index (χ4v) is 2.53. The second kappa shape index (κ2) is 5.39. The number of hydrogen-bond acceptors (Lipinski definition) is 1. The van der Waals surface area contributed by atoms with Crippen molar-refractivity contribution in [3.63, 3.8) is 0 Å². The van der Waals surface area contributed by atoms with Crippen molar-refractivity contribution in [3.8, 4) is 0 Å². The van der Waals surface area contributed by atoms with Crippen LogP contribution in [0.4, 0.5) is 8.78 Å². The molecule has 0 aliphatic carbocycles. The summed E-state index contributed by atoms with van der Waals surface area (Å²) in [5.74, 6) is -2.10. The van der Waals surface area contributed by atoms with Crippen molar-refractivity contribution in [2.45, 2.75) is 6.92 Å². The molecule has 0 aliphatic heterocycles. The first-order chi connectivity index (χ1) is 8.88. The molecule has 1 nitrogen and oxygen atoms in total. The zero-order valence-electron chi connectivity index (χ0n) is 9.81. The van der Waals surface area contributed by atoms with Gasteiger partial charge < -0.3 is 0 Å². The third kappa shape index (κ3) is 3.01. The molecule has 0 saturated heterocycles. The zero-order chi connectivity index (χ0) is 14.2. The lowest BCUT2D eigenvalue weighted by Crippen LogP contribution is -2.06. The summed E-state index contributed by atoms with van der Waals surface area (Å²) in [6.45, 7) is 1.47. The maximum Gasteiger partial charge on any atom is 0.196 e. The van der Waals surface area contributed by atoms with Crippen LogP contribution in [0.25, 0.3) is 0 Å². The SMILES string of the molecule is Cc1cc(C(=O)c2cc(Cl)cc(Br)c2)c(F)cc1F. The van der Waals surface area contributed by atoms with Crippen molar-refractivity contribution >= 4 is 33.3 Å². The predicted molar refractivity (Wildman–Crippen MR) is 73.7 cm³/mol. The number of hydrogen-bond donors (Lipinski definition) is 0. The highest BCUT2D eigenvalue weighted by molar-refractivity contribution is 9.10. The molecule has 0 amide bonds. The van der Waals surface area contributed by atoms with Crippen molar-refractivity contribution in [2.24, 2.45) is 0 Å². The fourth-order valence-electron chi connectivity index (χ4n) is 1.67. The minimum atomic E-state index is -0.885. The van der Waals surface area contributed by atoms with Crippen molar-refractivity contribution in [1.82, 2.24) is 0 Å². The average molecular weight is 346 g/mol. The van der Waals surface area contributed by atoms with Gasteiger partial charge in [0.1, 0.15) is 11.6 Å². The quantitative estimate of drug-likeness (QED) is 0.706. The van der Waals surface area contributed by atoms with Crippen LogP contribution in [0.1, 0.15) is 21.5 Å². The van der Waals surface area contributed by atoms with Crippen LogP contribution >= 0.6 is 27.5 Å². The third-order valence-corrected chi connectivity index (χ3v) is 3.29. The zero-order valence-corrected chi connectivity index (χ0v) is 12.1. The molecular formula is C14H8BrClF2O. The molecule has 98 valence electrons. The first kappa shape index (κ1) is 14.2. The second-order valence-electron chi connectivity index (χ2n) is 4.07. The lowest BCUT2D eigenvalue weighted by atomic mass is 10.0. The molecule has 2 aromatic carbocycles. The van der Waals surface area contributed by atoms with Gasteiger partial charge in [-0.1, -0.05) is 27.5 Å². The minimum Gasteiger partial charge on any atom is -0.288 e. The molecule has 0 fully saturated rings. The normalized spacial score (nSPS) is 10.6. The van der Waals surface area contributed by atoms with Gasteiger partial charge in [0.25, 0.3) is 0 Å². The topological polar surface area (TPSA) is 17.1 Å². The van der Waals surface area contributed by atoms with E-state index in [9.17, 15) is 13.6 Å². The Bertz CT molecular complexity index is 650. The van der Waals surface area contributed by atoms with Crippen LogP contribution in [0.5, 0.6) is 0 Å². The van der Waals surface area contributed by atoms with E-state index < -0.39 is 17.4 Å².